The molecule has 1 amide bonds. The molecule has 5 nitrogen and oxygen atoms in total. The molecule has 0 bridgehead atoms. The molecule has 0 saturated carbocycles. The molecule has 0 radical (unpaired) electrons. The van der Waals surface area contributed by atoms with Crippen LogP contribution in [0.5, 0.6) is 0 Å². The van der Waals surface area contributed by atoms with E-state index < -0.39 is 0 Å². The van der Waals surface area contributed by atoms with Crippen molar-refractivity contribution in [2.45, 2.75) is 26.2 Å². The number of amides is 1. The van der Waals surface area contributed by atoms with Crippen LogP contribution in [-0.4, -0.2) is 55.0 Å². The fourth-order valence-corrected chi connectivity index (χ4v) is 2.17. The molecule has 20 heavy (non-hydrogen) atoms. The van der Waals surface area contributed by atoms with Crippen LogP contribution in [-0.2, 0) is 14.3 Å². The van der Waals surface area contributed by atoms with Crippen LogP contribution in [0.15, 0.2) is 24.4 Å². The molecule has 0 fully saturated rings. The summed E-state index contributed by atoms with van der Waals surface area (Å²) in [6, 6.07) is 0. The summed E-state index contributed by atoms with van der Waals surface area (Å²) in [5.74, 6) is -0.325. The minimum atomic E-state index is -0.315. The molecule has 1 aliphatic carbocycles. The Kier molecular flexibility index (Phi) is 7.01. The van der Waals surface area contributed by atoms with Gasteiger partial charge >= 0.3 is 5.97 Å². The third kappa shape index (κ3) is 5.17. The minimum absolute atomic E-state index is 0.00991. The first-order valence-electron chi connectivity index (χ1n) is 7.03. The number of carbonyl (C=O) groups is 2. The highest BCUT2D eigenvalue weighted by atomic mass is 16.5. The van der Waals surface area contributed by atoms with Crippen LogP contribution >= 0.6 is 0 Å². The lowest BCUT2D eigenvalue weighted by Gasteiger charge is -2.24. The number of allylic oxidation sites excluding steroid dienone is 2. The highest BCUT2D eigenvalue weighted by molar-refractivity contribution is 5.80. The molecular formula is C15H24N2O3. The minimum Gasteiger partial charge on any atom is -0.465 e. The van der Waals surface area contributed by atoms with Crippen LogP contribution in [0.3, 0.4) is 0 Å². The van der Waals surface area contributed by atoms with E-state index in [9.17, 15) is 9.59 Å². The molecule has 112 valence electrons. The summed E-state index contributed by atoms with van der Waals surface area (Å²) < 4.78 is 4.91. The maximum atomic E-state index is 12.2. The predicted molar refractivity (Wildman–Crippen MR) is 78.0 cm³/mol. The normalized spacial score (nSPS) is 14.1. The maximum absolute atomic E-state index is 12.2. The molecule has 0 aromatic rings. The summed E-state index contributed by atoms with van der Waals surface area (Å²) in [6.07, 6.45) is 6.86. The molecule has 0 spiro atoms. The molecule has 1 aliphatic rings. The molecule has 0 N–H and O–H groups in total. The van der Waals surface area contributed by atoms with Crippen LogP contribution in [0, 0.1) is 0 Å². The zero-order chi connectivity index (χ0) is 15.0. The maximum Gasteiger partial charge on any atom is 0.320 e. The number of nitrogens with zero attached hydrogens (tertiary/aromatic N) is 2. The first-order valence-corrected chi connectivity index (χ1v) is 7.03. The summed E-state index contributed by atoms with van der Waals surface area (Å²) in [5.41, 5.74) is 1.07. The van der Waals surface area contributed by atoms with E-state index in [0.29, 0.717) is 13.2 Å². The van der Waals surface area contributed by atoms with Gasteiger partial charge in [0.05, 0.1) is 19.7 Å². The Morgan fingerprint density at radius 1 is 1.45 bits per heavy atom. The van der Waals surface area contributed by atoms with Crippen LogP contribution in [0.4, 0.5) is 0 Å². The number of ether oxygens (including phenoxy) is 1. The van der Waals surface area contributed by atoms with Crippen molar-refractivity contribution in [1.29, 1.82) is 0 Å². The quantitative estimate of drug-likeness (QED) is 0.500. The molecule has 5 heteroatoms. The van der Waals surface area contributed by atoms with Crippen molar-refractivity contribution in [3.05, 3.63) is 24.4 Å². The Balaban J connectivity index is 2.53. The number of likely N-dealkylation sites (N-methyl/N-ethyl adjacent to an activating group) is 1. The van der Waals surface area contributed by atoms with Gasteiger partial charge in [-0.05, 0) is 26.2 Å². The average molecular weight is 280 g/mol. The van der Waals surface area contributed by atoms with E-state index in [1.54, 1.807) is 29.8 Å². The topological polar surface area (TPSA) is 49.9 Å². The lowest BCUT2D eigenvalue weighted by Crippen LogP contribution is -2.40. The van der Waals surface area contributed by atoms with Crippen LogP contribution in [0.2, 0.25) is 0 Å². The molecule has 0 aromatic heterocycles. The second-order valence-electron chi connectivity index (χ2n) is 4.80. The first kappa shape index (κ1) is 16.4. The molecule has 0 aliphatic heterocycles. The van der Waals surface area contributed by atoms with Gasteiger partial charge in [-0.1, -0.05) is 12.2 Å². The fraction of sp³-hybridized carbons (Fsp3) is 0.600. The van der Waals surface area contributed by atoms with Gasteiger partial charge in [-0.15, -0.1) is 6.58 Å². The molecule has 0 saturated heterocycles. The number of hydrogen-bond acceptors (Lipinski definition) is 4. The summed E-state index contributed by atoms with van der Waals surface area (Å²) in [6.45, 7) is 6.55. The Morgan fingerprint density at radius 2 is 2.20 bits per heavy atom. The van der Waals surface area contributed by atoms with Gasteiger partial charge in [-0.2, -0.15) is 0 Å². The van der Waals surface area contributed by atoms with E-state index in [-0.39, 0.29) is 25.0 Å². The van der Waals surface area contributed by atoms with E-state index in [1.807, 2.05) is 0 Å². The summed E-state index contributed by atoms with van der Waals surface area (Å²) >= 11 is 0. The number of esters is 1. The van der Waals surface area contributed by atoms with E-state index in [2.05, 4.69) is 12.7 Å². The predicted octanol–water partition coefficient (Wildman–Crippen LogP) is 1.56. The summed E-state index contributed by atoms with van der Waals surface area (Å²) in [7, 11) is 1.79. The highest BCUT2D eigenvalue weighted by Crippen LogP contribution is 2.20. The Morgan fingerprint density at radius 3 is 2.75 bits per heavy atom. The molecule has 0 atom stereocenters. The van der Waals surface area contributed by atoms with Gasteiger partial charge in [0.1, 0.15) is 0 Å². The lowest BCUT2D eigenvalue weighted by atomic mass is 10.3. The molecule has 1 rings (SSSR count). The average Bonchev–Trinajstić information content (AvgIpc) is 2.92. The van der Waals surface area contributed by atoms with Crippen molar-refractivity contribution < 1.29 is 14.3 Å². The number of rotatable bonds is 8. The van der Waals surface area contributed by atoms with Crippen molar-refractivity contribution in [2.75, 3.05) is 33.3 Å². The lowest BCUT2D eigenvalue weighted by molar-refractivity contribution is -0.144. The molecule has 0 aromatic carbocycles. The zero-order valence-corrected chi connectivity index (χ0v) is 12.4. The summed E-state index contributed by atoms with van der Waals surface area (Å²) in [5, 5.41) is 0. The van der Waals surface area contributed by atoms with Crippen molar-refractivity contribution in [2.24, 2.45) is 0 Å². The van der Waals surface area contributed by atoms with Crippen molar-refractivity contribution in [1.82, 2.24) is 9.80 Å². The standard InChI is InChI=1S/C15H24N2O3/c1-4-10-17(12-15(19)20-5-2)11-14(18)16(3)13-8-6-7-9-13/h4,8H,1,5-7,9-12H2,2-3H3. The smallest absolute Gasteiger partial charge is 0.320 e. The SMILES string of the molecule is C=CCN(CC(=O)OCC)CC(=O)N(C)C1=CCCC1. The van der Waals surface area contributed by atoms with Gasteiger partial charge in [-0.3, -0.25) is 14.5 Å². The van der Waals surface area contributed by atoms with E-state index in [0.717, 1.165) is 25.0 Å². The Bertz CT molecular complexity index is 391. The highest BCUT2D eigenvalue weighted by Gasteiger charge is 2.20. The van der Waals surface area contributed by atoms with Gasteiger partial charge in [0.15, 0.2) is 0 Å². The number of hydrogen-bond donors (Lipinski definition) is 0. The second-order valence-corrected chi connectivity index (χ2v) is 4.80. The molecule has 0 heterocycles. The van der Waals surface area contributed by atoms with Crippen LogP contribution in [0.25, 0.3) is 0 Å². The van der Waals surface area contributed by atoms with Gasteiger partial charge in [0.2, 0.25) is 5.91 Å². The fourth-order valence-electron chi connectivity index (χ4n) is 2.17. The number of carbonyl (C=O) groups excluding carboxylic acids is 2. The Labute approximate surface area is 120 Å². The monoisotopic (exact) mass is 280 g/mol. The van der Waals surface area contributed by atoms with Crippen molar-refractivity contribution >= 4 is 11.9 Å². The largest absolute Gasteiger partial charge is 0.465 e. The molecular weight excluding hydrogens is 256 g/mol. The molecule has 0 unspecified atom stereocenters. The van der Waals surface area contributed by atoms with E-state index in [1.165, 1.54) is 0 Å². The Hall–Kier alpha value is -1.62. The van der Waals surface area contributed by atoms with Crippen molar-refractivity contribution in [3.63, 3.8) is 0 Å². The van der Waals surface area contributed by atoms with Gasteiger partial charge in [0.25, 0.3) is 0 Å². The zero-order valence-electron chi connectivity index (χ0n) is 12.4. The second kappa shape index (κ2) is 8.53. The van der Waals surface area contributed by atoms with E-state index >= 15 is 0 Å². The van der Waals surface area contributed by atoms with Gasteiger partial charge in [-0.25, -0.2) is 0 Å². The van der Waals surface area contributed by atoms with E-state index in [4.69, 9.17) is 4.74 Å². The third-order valence-corrected chi connectivity index (χ3v) is 3.23. The van der Waals surface area contributed by atoms with Crippen LogP contribution < -0.4 is 0 Å². The summed E-state index contributed by atoms with van der Waals surface area (Å²) in [4.78, 5) is 27.1. The third-order valence-electron chi connectivity index (χ3n) is 3.23. The van der Waals surface area contributed by atoms with Crippen LogP contribution in [0.1, 0.15) is 26.2 Å². The van der Waals surface area contributed by atoms with Gasteiger partial charge in [0, 0.05) is 19.3 Å². The van der Waals surface area contributed by atoms with Gasteiger partial charge < -0.3 is 9.64 Å². The van der Waals surface area contributed by atoms with Crippen molar-refractivity contribution in [3.8, 4) is 0 Å². The first-order chi connectivity index (χ1) is 9.58.